The Balaban J connectivity index is 3.05. The van der Waals surface area contributed by atoms with Gasteiger partial charge in [-0.05, 0) is 30.5 Å². The fraction of sp³-hybridized carbons (Fsp3) is 0.462. The van der Waals surface area contributed by atoms with E-state index < -0.39 is 0 Å². The first-order valence-electron chi connectivity index (χ1n) is 5.40. The zero-order valence-corrected chi connectivity index (χ0v) is 10.4. The maximum absolute atomic E-state index is 5.27. The van der Waals surface area contributed by atoms with Crippen molar-refractivity contribution in [2.75, 3.05) is 21.3 Å². The lowest BCUT2D eigenvalue weighted by Gasteiger charge is -2.13. The van der Waals surface area contributed by atoms with Gasteiger partial charge in [0.15, 0.2) is 11.5 Å². The van der Waals surface area contributed by atoms with E-state index in [-0.39, 0.29) is 0 Å². The van der Waals surface area contributed by atoms with Gasteiger partial charge in [-0.15, -0.1) is 0 Å². The van der Waals surface area contributed by atoms with Crippen LogP contribution in [-0.2, 0) is 0 Å². The Kier molecular flexibility index (Phi) is 4.96. The normalized spacial score (nSPS) is 10.0. The Bertz CT molecular complexity index is 309. The van der Waals surface area contributed by atoms with Gasteiger partial charge in [0.1, 0.15) is 0 Å². The predicted octanol–water partition coefficient (Wildman–Crippen LogP) is 3.06. The van der Waals surface area contributed by atoms with Gasteiger partial charge < -0.3 is 14.2 Å². The number of benzene rings is 1. The molecule has 0 atom stereocenters. The van der Waals surface area contributed by atoms with Crippen LogP contribution in [0.25, 0.3) is 0 Å². The van der Waals surface area contributed by atoms with E-state index in [0.717, 1.165) is 18.4 Å². The summed E-state index contributed by atoms with van der Waals surface area (Å²) in [6, 6.07) is 3.91. The minimum absolute atomic E-state index is 0.638. The van der Waals surface area contributed by atoms with Crippen molar-refractivity contribution >= 4 is 0 Å². The molecule has 0 saturated heterocycles. The molecule has 0 fully saturated rings. The molecule has 0 saturated carbocycles. The van der Waals surface area contributed by atoms with Crippen molar-refractivity contribution < 1.29 is 14.2 Å². The molecular formula is C13H19O3. The quantitative estimate of drug-likeness (QED) is 0.741. The van der Waals surface area contributed by atoms with Crippen molar-refractivity contribution in [2.24, 2.45) is 0 Å². The van der Waals surface area contributed by atoms with Crippen molar-refractivity contribution in [3.05, 3.63) is 24.1 Å². The van der Waals surface area contributed by atoms with E-state index in [1.54, 1.807) is 21.3 Å². The van der Waals surface area contributed by atoms with Gasteiger partial charge in [-0.25, -0.2) is 0 Å². The summed E-state index contributed by atoms with van der Waals surface area (Å²) in [5, 5.41) is 0. The van der Waals surface area contributed by atoms with Gasteiger partial charge >= 0.3 is 0 Å². The van der Waals surface area contributed by atoms with Gasteiger partial charge in [0.25, 0.3) is 0 Å². The zero-order valence-electron chi connectivity index (χ0n) is 10.4. The average Bonchev–Trinajstić information content (AvgIpc) is 2.34. The second-order valence-electron chi connectivity index (χ2n) is 3.45. The van der Waals surface area contributed by atoms with Crippen LogP contribution in [0.2, 0.25) is 0 Å². The summed E-state index contributed by atoms with van der Waals surface area (Å²) in [7, 11) is 4.86. The third-order valence-corrected chi connectivity index (χ3v) is 2.36. The van der Waals surface area contributed by atoms with Crippen molar-refractivity contribution in [1.82, 2.24) is 0 Å². The summed E-state index contributed by atoms with van der Waals surface area (Å²) >= 11 is 0. The summed E-state index contributed by atoms with van der Waals surface area (Å²) in [5.41, 5.74) is 1.09. The Morgan fingerprint density at radius 2 is 1.56 bits per heavy atom. The van der Waals surface area contributed by atoms with E-state index in [1.807, 2.05) is 12.1 Å². The summed E-state index contributed by atoms with van der Waals surface area (Å²) in [6.07, 6.45) is 4.32. The molecule has 0 unspecified atom stereocenters. The minimum atomic E-state index is 0.638. The van der Waals surface area contributed by atoms with Crippen LogP contribution in [0.1, 0.15) is 25.3 Å². The van der Waals surface area contributed by atoms with E-state index in [9.17, 15) is 0 Å². The van der Waals surface area contributed by atoms with Crippen molar-refractivity contribution in [1.29, 1.82) is 0 Å². The van der Waals surface area contributed by atoms with E-state index in [1.165, 1.54) is 0 Å². The van der Waals surface area contributed by atoms with Gasteiger partial charge in [0, 0.05) is 0 Å². The lowest BCUT2D eigenvalue weighted by atomic mass is 10.1. The van der Waals surface area contributed by atoms with Crippen LogP contribution < -0.4 is 14.2 Å². The first kappa shape index (κ1) is 12.7. The number of hydrogen-bond donors (Lipinski definition) is 0. The lowest BCUT2D eigenvalue weighted by Crippen LogP contribution is -1.96. The highest BCUT2D eigenvalue weighted by Crippen LogP contribution is 2.38. The molecule has 0 heterocycles. The molecule has 89 valence electrons. The second kappa shape index (κ2) is 6.26. The second-order valence-corrected chi connectivity index (χ2v) is 3.45. The molecule has 0 aliphatic heterocycles. The first-order chi connectivity index (χ1) is 7.76. The van der Waals surface area contributed by atoms with E-state index in [2.05, 4.69) is 13.3 Å². The molecular weight excluding hydrogens is 204 g/mol. The van der Waals surface area contributed by atoms with Crippen LogP contribution in [-0.4, -0.2) is 21.3 Å². The molecule has 0 aromatic heterocycles. The summed E-state index contributed by atoms with van der Waals surface area (Å²) in [5.74, 6) is 2.03. The molecule has 1 radical (unpaired) electrons. The van der Waals surface area contributed by atoms with E-state index >= 15 is 0 Å². The minimum Gasteiger partial charge on any atom is -0.493 e. The number of rotatable bonds is 6. The van der Waals surface area contributed by atoms with E-state index in [4.69, 9.17) is 14.2 Å². The summed E-state index contributed by atoms with van der Waals surface area (Å²) < 4.78 is 15.8. The molecule has 0 spiro atoms. The molecule has 1 aromatic carbocycles. The smallest absolute Gasteiger partial charge is 0.203 e. The van der Waals surface area contributed by atoms with Crippen LogP contribution in [0.5, 0.6) is 17.2 Å². The molecule has 0 N–H and O–H groups in total. The molecule has 3 heteroatoms. The van der Waals surface area contributed by atoms with E-state index in [0.29, 0.717) is 17.2 Å². The number of ether oxygens (including phenoxy) is 3. The maximum Gasteiger partial charge on any atom is 0.203 e. The highest BCUT2D eigenvalue weighted by Gasteiger charge is 2.12. The third-order valence-electron chi connectivity index (χ3n) is 2.36. The summed E-state index contributed by atoms with van der Waals surface area (Å²) in [4.78, 5) is 0. The van der Waals surface area contributed by atoms with Crippen LogP contribution >= 0.6 is 0 Å². The SMILES string of the molecule is CCC[CH]c1cc(OC)c(OC)c(OC)c1. The third kappa shape index (κ3) is 2.81. The van der Waals surface area contributed by atoms with Gasteiger partial charge in [0.2, 0.25) is 5.75 Å². The topological polar surface area (TPSA) is 27.7 Å². The van der Waals surface area contributed by atoms with Crippen LogP contribution in [0.15, 0.2) is 12.1 Å². The highest BCUT2D eigenvalue weighted by atomic mass is 16.5. The molecule has 0 aliphatic rings. The first-order valence-corrected chi connectivity index (χ1v) is 5.40. The molecule has 16 heavy (non-hydrogen) atoms. The lowest BCUT2D eigenvalue weighted by molar-refractivity contribution is 0.324. The number of methoxy groups -OCH3 is 3. The Labute approximate surface area is 97.3 Å². The maximum atomic E-state index is 5.27. The number of hydrogen-bond acceptors (Lipinski definition) is 3. The van der Waals surface area contributed by atoms with Gasteiger partial charge in [-0.3, -0.25) is 0 Å². The molecule has 1 aromatic rings. The average molecular weight is 223 g/mol. The van der Waals surface area contributed by atoms with Crippen molar-refractivity contribution in [3.8, 4) is 17.2 Å². The van der Waals surface area contributed by atoms with Crippen molar-refractivity contribution in [3.63, 3.8) is 0 Å². The van der Waals surface area contributed by atoms with Crippen LogP contribution in [0, 0.1) is 6.42 Å². The fourth-order valence-corrected chi connectivity index (χ4v) is 1.53. The largest absolute Gasteiger partial charge is 0.493 e. The predicted molar refractivity (Wildman–Crippen MR) is 64.4 cm³/mol. The van der Waals surface area contributed by atoms with Crippen LogP contribution in [0.3, 0.4) is 0 Å². The molecule has 0 aliphatic carbocycles. The fourth-order valence-electron chi connectivity index (χ4n) is 1.53. The monoisotopic (exact) mass is 223 g/mol. The standard InChI is InChI=1S/C13H19O3/c1-5-6-7-10-8-11(14-2)13(16-4)12(9-10)15-3/h7-9H,5-6H2,1-4H3. The molecule has 1 rings (SSSR count). The molecule has 0 bridgehead atoms. The Morgan fingerprint density at radius 3 is 1.94 bits per heavy atom. The number of unbranched alkanes of at least 4 members (excludes halogenated alkanes) is 1. The Hall–Kier alpha value is -1.38. The summed E-state index contributed by atoms with van der Waals surface area (Å²) in [6.45, 7) is 2.15. The Morgan fingerprint density at radius 1 is 1.00 bits per heavy atom. The molecule has 0 amide bonds. The van der Waals surface area contributed by atoms with Gasteiger partial charge in [0.05, 0.1) is 21.3 Å². The molecule has 3 nitrogen and oxygen atoms in total. The van der Waals surface area contributed by atoms with Gasteiger partial charge in [-0.1, -0.05) is 13.3 Å². The zero-order chi connectivity index (χ0) is 12.0. The van der Waals surface area contributed by atoms with Gasteiger partial charge in [-0.2, -0.15) is 0 Å². The highest BCUT2D eigenvalue weighted by molar-refractivity contribution is 5.55. The van der Waals surface area contributed by atoms with Crippen LogP contribution in [0.4, 0.5) is 0 Å². The van der Waals surface area contributed by atoms with Crippen molar-refractivity contribution in [2.45, 2.75) is 19.8 Å².